The second-order valence-electron chi connectivity index (χ2n) is 17.8. The van der Waals surface area contributed by atoms with Crippen LogP contribution in [0.25, 0.3) is 9.81 Å². The van der Waals surface area contributed by atoms with E-state index in [2.05, 4.69) is 0 Å². The summed E-state index contributed by atoms with van der Waals surface area (Å²) in [6.07, 6.45) is -0.981. The van der Waals surface area contributed by atoms with Crippen LogP contribution in [-0.4, -0.2) is 91.4 Å². The Morgan fingerprint density at radius 3 is 1.84 bits per heavy atom. The molecule has 9 heterocycles. The van der Waals surface area contributed by atoms with Gasteiger partial charge in [0, 0.05) is 9.75 Å². The molecule has 0 fully saturated rings. The topological polar surface area (TPSA) is 277 Å². The van der Waals surface area contributed by atoms with Gasteiger partial charge >= 0.3 is 0 Å². The lowest BCUT2D eigenvalue weighted by Crippen LogP contribution is -2.34. The molecule has 6 aromatic rings. The van der Waals surface area contributed by atoms with Gasteiger partial charge in [-0.3, -0.25) is 0 Å². The summed E-state index contributed by atoms with van der Waals surface area (Å²) in [7, 11) is -9.13. The summed E-state index contributed by atoms with van der Waals surface area (Å²) in [5.41, 5.74) is 1.65. The molecule has 11 rings (SSSR count). The minimum absolute atomic E-state index is 0.0341. The highest BCUT2D eigenvalue weighted by atomic mass is 32.2. The van der Waals surface area contributed by atoms with Gasteiger partial charge in [-0.1, -0.05) is 38.1 Å². The smallest absolute Gasteiger partial charge is 0.300 e. The molecule has 0 radical (unpaired) electrons. The number of rotatable bonds is 10. The Balaban J connectivity index is 0.963. The predicted molar refractivity (Wildman–Crippen MR) is 280 cm³/mol. The number of thiophene rings is 4. The van der Waals surface area contributed by atoms with E-state index in [0.717, 1.165) is 50.4 Å². The van der Waals surface area contributed by atoms with Crippen molar-refractivity contribution in [3.05, 3.63) is 120 Å². The van der Waals surface area contributed by atoms with Crippen molar-refractivity contribution in [2.24, 2.45) is 0 Å². The van der Waals surface area contributed by atoms with Crippen molar-refractivity contribution in [2.75, 3.05) is 33.0 Å². The van der Waals surface area contributed by atoms with Gasteiger partial charge in [-0.05, 0) is 67.5 Å². The van der Waals surface area contributed by atoms with Crippen LogP contribution in [-0.2, 0) is 33.9 Å². The van der Waals surface area contributed by atoms with Gasteiger partial charge in [0.05, 0.1) is 47.5 Å². The molecule has 75 heavy (non-hydrogen) atoms. The van der Waals surface area contributed by atoms with Crippen LogP contribution in [0, 0.1) is 22.9 Å². The Bertz CT molecular complexity index is 3850. The molecular formula is C49H43O18S8-. The third kappa shape index (κ3) is 9.12. The molecule has 0 aliphatic carbocycles. The molecule has 6 N–H and O–H groups in total. The van der Waals surface area contributed by atoms with Crippen LogP contribution in [0.5, 0.6) is 46.0 Å². The van der Waals surface area contributed by atoms with Crippen molar-refractivity contribution in [2.45, 2.75) is 72.5 Å². The van der Waals surface area contributed by atoms with Crippen LogP contribution >= 0.6 is 68.9 Å². The highest BCUT2D eigenvalue weighted by Crippen LogP contribution is 2.60. The number of aliphatic hydroxyl groups is 2. The number of ether oxygens (including phenoxy) is 6. The van der Waals surface area contributed by atoms with Gasteiger partial charge in [0.15, 0.2) is 75.6 Å². The first kappa shape index (κ1) is 51.7. The highest BCUT2D eigenvalue weighted by Gasteiger charge is 2.43. The summed E-state index contributed by atoms with van der Waals surface area (Å²) in [6.45, 7) is 7.98. The number of aryl methyl sites for hydroxylation is 2. The second kappa shape index (κ2) is 19.5. The van der Waals surface area contributed by atoms with E-state index in [4.69, 9.17) is 32.6 Å². The predicted octanol–water partition coefficient (Wildman–Crippen LogP) is 8.91. The molecule has 0 spiro atoms. The largest absolute Gasteiger partial charge is 0.744 e. The molecule has 0 saturated carbocycles. The Morgan fingerprint density at radius 1 is 0.600 bits per heavy atom. The summed E-state index contributed by atoms with van der Waals surface area (Å²) in [4.78, 5) is 2.34. The summed E-state index contributed by atoms with van der Waals surface area (Å²) in [6, 6.07) is 11.9. The summed E-state index contributed by atoms with van der Waals surface area (Å²) >= 11 is 6.72. The van der Waals surface area contributed by atoms with Crippen molar-refractivity contribution in [3.63, 3.8) is 0 Å². The maximum atomic E-state index is 14.0. The van der Waals surface area contributed by atoms with Gasteiger partial charge in [0.2, 0.25) is 0 Å². The van der Waals surface area contributed by atoms with Gasteiger partial charge in [-0.25, -0.2) is 12.6 Å². The van der Waals surface area contributed by atoms with Crippen LogP contribution in [0.1, 0.15) is 73.2 Å². The highest BCUT2D eigenvalue weighted by molar-refractivity contribution is 8.09. The molecule has 5 aliphatic rings. The third-order valence-corrected chi connectivity index (χ3v) is 23.0. The first-order chi connectivity index (χ1) is 35.7. The van der Waals surface area contributed by atoms with Crippen LogP contribution in [0.15, 0.2) is 81.4 Å². The molecule has 5 aliphatic heterocycles. The monoisotopic (exact) mass is 1180 g/mol. The first-order valence-corrected chi connectivity index (χ1v) is 30.7. The number of aromatic hydroxyl groups is 4. The average Bonchev–Trinajstić information content (AvgIpc) is 4.23. The molecular weight excluding hydrogens is 1130 g/mol. The normalized spacial score (nSPS) is 22.2. The van der Waals surface area contributed by atoms with Crippen molar-refractivity contribution >= 4 is 98.9 Å². The first-order valence-electron chi connectivity index (χ1n) is 22.9. The molecule has 5 unspecified atom stereocenters. The zero-order valence-corrected chi connectivity index (χ0v) is 46.1. The number of aliphatic hydroxyl groups excluding tert-OH is 2. The van der Waals surface area contributed by atoms with E-state index >= 15 is 0 Å². The molecule has 0 saturated heterocycles. The molecule has 4 aromatic heterocycles. The third-order valence-electron chi connectivity index (χ3n) is 12.9. The van der Waals surface area contributed by atoms with Crippen molar-refractivity contribution in [3.8, 4) is 46.0 Å². The minimum Gasteiger partial charge on any atom is -0.744 e. The quantitative estimate of drug-likeness (QED) is 0.0551. The molecule has 0 bridgehead atoms. The van der Waals surface area contributed by atoms with Crippen LogP contribution in [0.2, 0.25) is 0 Å². The lowest BCUT2D eigenvalue weighted by Gasteiger charge is -2.24. The SMILES string of the molecule is Cc1sc(C2S/C(=c3/s/c(=c4/s/c(=C5/SC(c6sc(C)c7c6OCCO7)C(O)=C5O)c5c4OC(OS(=O)(=O)c4ccc(C(C)CC(C)c6ccc(S(=O)(=O)[O-])cc6)cc4)CO5)c(O)c3O)C3=C2OCCO3)c(O)c1O. The van der Waals surface area contributed by atoms with Gasteiger partial charge in [0.1, 0.15) is 47.0 Å². The Hall–Kier alpha value is -5.42. The molecule has 0 amide bonds. The van der Waals surface area contributed by atoms with Crippen LogP contribution in [0.3, 0.4) is 0 Å². The standard InChI is InChI=1S/C49H44O18S8/c1-19(23-5-9-25(10-6-23)74(56,57)58)17-20(2)24-7-11-26(12-8-24)75(59,60)67-27-18-65-38-39(66-27)49(73-48(38)43-31(53)30(52)41(70-43)45-35-34(22(4)69-45)61-13-14-62-35)44-33(55)32(54)42(71-44)47-37-36(63-15-16-64-37)46(72-47)40-29(51)28(50)21(3)68-40/h5-12,19-20,27,41,46,50-55H,13-18H2,1-4H3,(H,56,57,58)/p-1/b47-42+,48-43+,49-44+. The second-order valence-corrected chi connectivity index (χ2v) is 27.5. The minimum atomic E-state index is -4.58. The molecule has 18 nitrogen and oxygen atoms in total. The number of fused-ring (bicyclic) bond motifs is 2. The van der Waals surface area contributed by atoms with Gasteiger partial charge < -0.3 is 63.6 Å². The zero-order chi connectivity index (χ0) is 53.0. The maximum Gasteiger partial charge on any atom is 0.300 e. The van der Waals surface area contributed by atoms with E-state index in [1.807, 2.05) is 20.8 Å². The number of hydrogen-bond donors (Lipinski definition) is 6. The van der Waals surface area contributed by atoms with E-state index in [1.165, 1.54) is 58.7 Å². The van der Waals surface area contributed by atoms with E-state index < -0.39 is 60.9 Å². The van der Waals surface area contributed by atoms with Crippen LogP contribution < -0.4 is 28.0 Å². The molecule has 396 valence electrons. The average molecular weight is 1180 g/mol. The summed E-state index contributed by atoms with van der Waals surface area (Å²) < 4.78 is 105. The molecule has 2 aromatic carbocycles. The van der Waals surface area contributed by atoms with Crippen molar-refractivity contribution < 1.29 is 84.6 Å². The van der Waals surface area contributed by atoms with E-state index in [1.54, 1.807) is 31.2 Å². The lowest BCUT2D eigenvalue weighted by atomic mass is 9.87. The Kier molecular flexibility index (Phi) is 13.5. The molecule has 5 atom stereocenters. The van der Waals surface area contributed by atoms with Gasteiger partial charge in [-0.15, -0.1) is 68.9 Å². The lowest BCUT2D eigenvalue weighted by molar-refractivity contribution is -0.0439. The van der Waals surface area contributed by atoms with Crippen molar-refractivity contribution in [1.82, 2.24) is 0 Å². The molecule has 26 heteroatoms. The Labute approximate surface area is 452 Å². The zero-order valence-electron chi connectivity index (χ0n) is 39.6. The number of benzene rings is 2. The van der Waals surface area contributed by atoms with E-state index in [0.29, 0.717) is 49.8 Å². The maximum absolute atomic E-state index is 14.0. The summed E-state index contributed by atoms with van der Waals surface area (Å²) in [5.74, 6) is -1.04. The van der Waals surface area contributed by atoms with E-state index in [9.17, 15) is 52.0 Å². The van der Waals surface area contributed by atoms with E-state index in [-0.39, 0.29) is 99.0 Å². The summed E-state index contributed by atoms with van der Waals surface area (Å²) in [5, 5.41) is 66.8. The van der Waals surface area contributed by atoms with Crippen molar-refractivity contribution in [1.29, 1.82) is 0 Å². The fourth-order valence-electron chi connectivity index (χ4n) is 9.13. The fourth-order valence-corrected chi connectivity index (χ4v) is 18.2. The number of thioether (sulfide) groups is 2. The number of hydrogen-bond acceptors (Lipinski definition) is 24. The Morgan fingerprint density at radius 2 is 1.19 bits per heavy atom. The van der Waals surface area contributed by atoms with Gasteiger partial charge in [-0.2, -0.15) is 8.42 Å². The fraction of sp³-hybridized carbons (Fsp3) is 0.306. The van der Waals surface area contributed by atoms with Gasteiger partial charge in [0.25, 0.3) is 16.4 Å². The van der Waals surface area contributed by atoms with Crippen LogP contribution in [0.4, 0.5) is 0 Å².